The van der Waals surface area contributed by atoms with Crippen LogP contribution in [0.5, 0.6) is 0 Å². The van der Waals surface area contributed by atoms with Crippen LogP contribution in [0.2, 0.25) is 0 Å². The van der Waals surface area contributed by atoms with Gasteiger partial charge in [0.15, 0.2) is 0 Å². The Morgan fingerprint density at radius 1 is 1.24 bits per heavy atom. The van der Waals surface area contributed by atoms with E-state index in [9.17, 15) is 4.79 Å². The summed E-state index contributed by atoms with van der Waals surface area (Å²) in [6, 6.07) is 0. The number of carbonyl (C=O) groups excluding carboxylic acids is 1. The van der Waals surface area contributed by atoms with Gasteiger partial charge in [-0.25, -0.2) is 0 Å². The molecule has 1 heterocycles. The van der Waals surface area contributed by atoms with Gasteiger partial charge in [0.2, 0.25) is 5.91 Å². The van der Waals surface area contributed by atoms with E-state index in [1.54, 1.807) is 0 Å². The van der Waals surface area contributed by atoms with Crippen molar-refractivity contribution in [1.29, 1.82) is 0 Å². The lowest BCUT2D eigenvalue weighted by Gasteiger charge is -2.26. The zero-order valence-corrected chi connectivity index (χ0v) is 11.4. The van der Waals surface area contributed by atoms with Crippen molar-refractivity contribution in [3.63, 3.8) is 0 Å². The van der Waals surface area contributed by atoms with Crippen molar-refractivity contribution in [2.45, 2.75) is 33.6 Å². The van der Waals surface area contributed by atoms with E-state index < -0.39 is 0 Å². The molecule has 1 amide bonds. The molecule has 0 aromatic carbocycles. The SMILES string of the molecule is CC(C)(C)C(=O)NCCCCN1CCOCC1. The zero-order valence-electron chi connectivity index (χ0n) is 11.4. The standard InChI is InChI=1S/C13H26N2O2/c1-13(2,3)12(16)14-6-4-5-7-15-8-10-17-11-9-15/h4-11H2,1-3H3,(H,14,16). The molecular formula is C13H26N2O2. The Balaban J connectivity index is 1.99. The predicted molar refractivity (Wildman–Crippen MR) is 69.0 cm³/mol. The number of unbranched alkanes of at least 4 members (excludes halogenated alkanes) is 1. The molecule has 0 aromatic heterocycles. The second-order valence-electron chi connectivity index (χ2n) is 5.67. The van der Waals surface area contributed by atoms with Crippen LogP contribution in [0.1, 0.15) is 33.6 Å². The van der Waals surface area contributed by atoms with Gasteiger partial charge in [0.05, 0.1) is 13.2 Å². The molecule has 1 aliphatic heterocycles. The summed E-state index contributed by atoms with van der Waals surface area (Å²) in [7, 11) is 0. The largest absolute Gasteiger partial charge is 0.379 e. The van der Waals surface area contributed by atoms with Crippen molar-refractivity contribution < 1.29 is 9.53 Å². The van der Waals surface area contributed by atoms with Crippen molar-refractivity contribution in [2.75, 3.05) is 39.4 Å². The number of carbonyl (C=O) groups is 1. The minimum absolute atomic E-state index is 0.142. The molecule has 0 saturated carbocycles. The second-order valence-corrected chi connectivity index (χ2v) is 5.67. The molecule has 0 aliphatic carbocycles. The molecule has 0 unspecified atom stereocenters. The summed E-state index contributed by atoms with van der Waals surface area (Å²) in [5.74, 6) is 0.142. The molecule has 0 radical (unpaired) electrons. The normalized spacial score (nSPS) is 18.1. The van der Waals surface area contributed by atoms with Crippen LogP contribution < -0.4 is 5.32 Å². The van der Waals surface area contributed by atoms with Gasteiger partial charge in [0.25, 0.3) is 0 Å². The van der Waals surface area contributed by atoms with Gasteiger partial charge in [-0.1, -0.05) is 20.8 Å². The number of nitrogens with one attached hydrogen (secondary N) is 1. The molecule has 1 aliphatic rings. The summed E-state index contributed by atoms with van der Waals surface area (Å²) in [6.45, 7) is 11.6. The number of amides is 1. The van der Waals surface area contributed by atoms with Gasteiger partial charge < -0.3 is 10.1 Å². The van der Waals surface area contributed by atoms with Crippen LogP contribution in [0, 0.1) is 5.41 Å². The van der Waals surface area contributed by atoms with E-state index >= 15 is 0 Å². The number of nitrogens with zero attached hydrogens (tertiary/aromatic N) is 1. The van der Waals surface area contributed by atoms with Crippen molar-refractivity contribution in [3.8, 4) is 0 Å². The third-order valence-corrected chi connectivity index (χ3v) is 2.97. The molecule has 0 spiro atoms. The molecule has 0 bridgehead atoms. The quantitative estimate of drug-likeness (QED) is 0.738. The number of rotatable bonds is 5. The maximum absolute atomic E-state index is 11.6. The Bertz CT molecular complexity index is 230. The molecule has 1 saturated heterocycles. The van der Waals surface area contributed by atoms with Crippen LogP contribution in [0.15, 0.2) is 0 Å². The van der Waals surface area contributed by atoms with E-state index in [4.69, 9.17) is 4.74 Å². The third kappa shape index (κ3) is 6.03. The highest BCUT2D eigenvalue weighted by molar-refractivity contribution is 5.81. The molecule has 17 heavy (non-hydrogen) atoms. The van der Waals surface area contributed by atoms with Gasteiger partial charge in [-0.3, -0.25) is 9.69 Å². The van der Waals surface area contributed by atoms with Crippen LogP contribution in [0.4, 0.5) is 0 Å². The van der Waals surface area contributed by atoms with E-state index in [1.807, 2.05) is 20.8 Å². The monoisotopic (exact) mass is 242 g/mol. The molecule has 4 heteroatoms. The lowest BCUT2D eigenvalue weighted by Crippen LogP contribution is -2.38. The van der Waals surface area contributed by atoms with Crippen LogP contribution in [-0.4, -0.2) is 50.2 Å². The van der Waals surface area contributed by atoms with E-state index in [1.165, 1.54) is 0 Å². The molecule has 0 aromatic rings. The highest BCUT2D eigenvalue weighted by Gasteiger charge is 2.20. The first-order valence-corrected chi connectivity index (χ1v) is 6.58. The van der Waals surface area contributed by atoms with Crippen LogP contribution >= 0.6 is 0 Å². The first-order valence-electron chi connectivity index (χ1n) is 6.58. The predicted octanol–water partition coefficient (Wildman–Crippen LogP) is 1.26. The Morgan fingerprint density at radius 3 is 2.47 bits per heavy atom. The summed E-state index contributed by atoms with van der Waals surface area (Å²) in [6.07, 6.45) is 2.20. The Kier molecular flexibility index (Phi) is 5.92. The lowest BCUT2D eigenvalue weighted by molar-refractivity contribution is -0.128. The molecule has 4 nitrogen and oxygen atoms in total. The van der Waals surface area contributed by atoms with Crippen LogP contribution in [0.25, 0.3) is 0 Å². The Morgan fingerprint density at radius 2 is 1.88 bits per heavy atom. The zero-order chi connectivity index (χ0) is 12.7. The lowest BCUT2D eigenvalue weighted by atomic mass is 9.96. The van der Waals surface area contributed by atoms with E-state index in [2.05, 4.69) is 10.2 Å². The number of ether oxygens (including phenoxy) is 1. The summed E-state index contributed by atoms with van der Waals surface area (Å²) in [5.41, 5.74) is -0.274. The maximum Gasteiger partial charge on any atom is 0.225 e. The maximum atomic E-state index is 11.6. The average molecular weight is 242 g/mol. The van der Waals surface area contributed by atoms with E-state index in [0.717, 1.165) is 52.2 Å². The van der Waals surface area contributed by atoms with Gasteiger partial charge in [-0.05, 0) is 19.4 Å². The summed E-state index contributed by atoms with van der Waals surface area (Å²) in [4.78, 5) is 14.0. The first kappa shape index (κ1) is 14.5. The minimum atomic E-state index is -0.274. The summed E-state index contributed by atoms with van der Waals surface area (Å²) >= 11 is 0. The topological polar surface area (TPSA) is 41.6 Å². The molecule has 0 atom stereocenters. The first-order chi connectivity index (χ1) is 8.00. The number of hydrogen-bond donors (Lipinski definition) is 1. The van der Waals surface area contributed by atoms with Crippen LogP contribution in [0.3, 0.4) is 0 Å². The van der Waals surface area contributed by atoms with Crippen molar-refractivity contribution >= 4 is 5.91 Å². The van der Waals surface area contributed by atoms with E-state index in [-0.39, 0.29) is 11.3 Å². The second kappa shape index (κ2) is 6.97. The third-order valence-electron chi connectivity index (χ3n) is 2.97. The minimum Gasteiger partial charge on any atom is -0.379 e. The van der Waals surface area contributed by atoms with Crippen molar-refractivity contribution in [1.82, 2.24) is 10.2 Å². The summed E-state index contributed by atoms with van der Waals surface area (Å²) in [5, 5.41) is 2.98. The molecule has 1 N–H and O–H groups in total. The average Bonchev–Trinajstić information content (AvgIpc) is 2.28. The summed E-state index contributed by atoms with van der Waals surface area (Å²) < 4.78 is 5.30. The molecule has 100 valence electrons. The van der Waals surface area contributed by atoms with Crippen molar-refractivity contribution in [2.24, 2.45) is 5.41 Å². The smallest absolute Gasteiger partial charge is 0.225 e. The number of morpholine rings is 1. The molecular weight excluding hydrogens is 216 g/mol. The van der Waals surface area contributed by atoms with Gasteiger partial charge in [0.1, 0.15) is 0 Å². The fourth-order valence-electron chi connectivity index (χ4n) is 1.75. The van der Waals surface area contributed by atoms with E-state index in [0.29, 0.717) is 0 Å². The Hall–Kier alpha value is -0.610. The fourth-order valence-corrected chi connectivity index (χ4v) is 1.75. The van der Waals surface area contributed by atoms with Crippen molar-refractivity contribution in [3.05, 3.63) is 0 Å². The molecule has 1 fully saturated rings. The Labute approximate surface area is 105 Å². The fraction of sp³-hybridized carbons (Fsp3) is 0.923. The van der Waals surface area contributed by atoms with Gasteiger partial charge in [-0.15, -0.1) is 0 Å². The van der Waals surface area contributed by atoms with Gasteiger partial charge >= 0.3 is 0 Å². The highest BCUT2D eigenvalue weighted by Crippen LogP contribution is 2.12. The van der Waals surface area contributed by atoms with Gasteiger partial charge in [0, 0.05) is 25.0 Å². The number of hydrogen-bond acceptors (Lipinski definition) is 3. The molecule has 1 rings (SSSR count). The van der Waals surface area contributed by atoms with Crippen LogP contribution in [-0.2, 0) is 9.53 Å². The highest BCUT2D eigenvalue weighted by atomic mass is 16.5. The van der Waals surface area contributed by atoms with Gasteiger partial charge in [-0.2, -0.15) is 0 Å².